The van der Waals surface area contributed by atoms with Gasteiger partial charge in [0.2, 0.25) is 0 Å². The fraction of sp³-hybridized carbons (Fsp3) is 0.750. The zero-order chi connectivity index (χ0) is 15.5. The molecule has 0 aromatic carbocycles. The molecule has 22 heavy (non-hydrogen) atoms. The van der Waals surface area contributed by atoms with Gasteiger partial charge < -0.3 is 15.0 Å². The van der Waals surface area contributed by atoms with Gasteiger partial charge in [-0.05, 0) is 39.0 Å². The summed E-state index contributed by atoms with van der Waals surface area (Å²) in [6, 6.07) is 0.290. The molecule has 6 heteroatoms. The van der Waals surface area contributed by atoms with Gasteiger partial charge in [0, 0.05) is 43.6 Å². The molecule has 2 aliphatic rings. The predicted octanol–water partition coefficient (Wildman–Crippen LogP) is 2.69. The molecule has 0 saturated carbocycles. The Hall–Kier alpha value is -1.14. The number of amides is 2. The van der Waals surface area contributed by atoms with E-state index in [1.54, 1.807) is 0 Å². The fourth-order valence-electron chi connectivity index (χ4n) is 3.35. The number of aryl methyl sites for hydroxylation is 2. The Bertz CT molecular complexity index is 525. The molecule has 3 rings (SSSR count). The lowest BCUT2D eigenvalue weighted by Crippen LogP contribution is -2.46. The minimum atomic E-state index is 0.0333. The average Bonchev–Trinajstić information content (AvgIpc) is 2.89. The fourth-order valence-corrected chi connectivity index (χ4v) is 4.41. The highest BCUT2D eigenvalue weighted by Gasteiger charge is 2.27. The third-order valence-corrected chi connectivity index (χ3v) is 5.61. The van der Waals surface area contributed by atoms with Crippen molar-refractivity contribution in [3.63, 3.8) is 0 Å². The summed E-state index contributed by atoms with van der Waals surface area (Å²) in [5, 5.41) is 4.27. The molecule has 1 fully saturated rings. The van der Waals surface area contributed by atoms with Crippen molar-refractivity contribution in [2.24, 2.45) is 0 Å². The van der Waals surface area contributed by atoms with Crippen LogP contribution in [-0.2, 0) is 11.2 Å². The highest BCUT2D eigenvalue weighted by atomic mass is 32.1. The number of likely N-dealkylation sites (N-methyl/N-ethyl adjacent to an activating group) is 1. The van der Waals surface area contributed by atoms with Gasteiger partial charge in [-0.25, -0.2) is 9.78 Å². The van der Waals surface area contributed by atoms with Crippen LogP contribution >= 0.6 is 11.3 Å². The summed E-state index contributed by atoms with van der Waals surface area (Å²) in [4.78, 5) is 20.3. The predicted molar refractivity (Wildman–Crippen MR) is 87.5 cm³/mol. The smallest absolute Gasteiger partial charge is 0.317 e. The average molecular weight is 323 g/mol. The van der Waals surface area contributed by atoms with E-state index in [0.29, 0.717) is 5.92 Å². The molecule has 122 valence electrons. The Balaban J connectivity index is 1.57. The molecular formula is C16H25N3O2S. The number of aromatic nitrogens is 1. The zero-order valence-electron chi connectivity index (χ0n) is 13.4. The molecular weight excluding hydrogens is 298 g/mol. The molecule has 0 spiro atoms. The first-order valence-electron chi connectivity index (χ1n) is 8.19. The van der Waals surface area contributed by atoms with Gasteiger partial charge in [-0.2, -0.15) is 0 Å². The molecule has 1 saturated heterocycles. The maximum absolute atomic E-state index is 12.4. The molecule has 2 amide bonds. The van der Waals surface area contributed by atoms with Crippen molar-refractivity contribution in [3.05, 3.63) is 15.6 Å². The van der Waals surface area contributed by atoms with Crippen molar-refractivity contribution in [3.8, 4) is 0 Å². The molecule has 0 unspecified atom stereocenters. The van der Waals surface area contributed by atoms with E-state index in [-0.39, 0.29) is 12.1 Å². The number of carbonyl (C=O) groups is 1. The SMILES string of the molecule is Cc1nc2c(s1)CCC[C@H]2CN(C)C(=O)NC1CCOCC1. The third-order valence-electron chi connectivity index (χ3n) is 4.57. The van der Waals surface area contributed by atoms with Crippen molar-refractivity contribution in [2.45, 2.75) is 51.0 Å². The van der Waals surface area contributed by atoms with E-state index in [1.807, 2.05) is 23.3 Å². The van der Waals surface area contributed by atoms with E-state index >= 15 is 0 Å². The van der Waals surface area contributed by atoms with Gasteiger partial charge in [0.15, 0.2) is 0 Å². The highest BCUT2D eigenvalue weighted by molar-refractivity contribution is 7.11. The molecule has 0 radical (unpaired) electrons. The van der Waals surface area contributed by atoms with Gasteiger partial charge in [-0.15, -0.1) is 11.3 Å². The Labute approximate surface area is 136 Å². The second kappa shape index (κ2) is 6.96. The molecule has 5 nitrogen and oxygen atoms in total. The van der Waals surface area contributed by atoms with Crippen LogP contribution in [0.3, 0.4) is 0 Å². The first kappa shape index (κ1) is 15.7. The van der Waals surface area contributed by atoms with E-state index in [0.717, 1.165) is 50.4 Å². The van der Waals surface area contributed by atoms with Gasteiger partial charge in [0.05, 0.1) is 10.7 Å². The Kier molecular flexibility index (Phi) is 4.98. The number of hydrogen-bond donors (Lipinski definition) is 1. The highest BCUT2D eigenvalue weighted by Crippen LogP contribution is 2.34. The number of nitrogens with one attached hydrogen (secondary N) is 1. The largest absolute Gasteiger partial charge is 0.381 e. The van der Waals surface area contributed by atoms with Gasteiger partial charge in [-0.3, -0.25) is 0 Å². The van der Waals surface area contributed by atoms with Crippen LogP contribution in [0.15, 0.2) is 0 Å². The molecule has 1 aliphatic carbocycles. The Morgan fingerprint density at radius 3 is 2.95 bits per heavy atom. The molecule has 1 aromatic rings. The summed E-state index contributed by atoms with van der Waals surface area (Å²) < 4.78 is 5.33. The van der Waals surface area contributed by atoms with Crippen LogP contribution in [0.4, 0.5) is 4.79 Å². The molecule has 1 atom stereocenters. The van der Waals surface area contributed by atoms with Crippen LogP contribution < -0.4 is 5.32 Å². The van der Waals surface area contributed by atoms with Gasteiger partial charge in [-0.1, -0.05) is 0 Å². The normalized spacial score (nSPS) is 22.2. The molecule has 1 N–H and O–H groups in total. The van der Waals surface area contributed by atoms with Crippen LogP contribution in [0.1, 0.15) is 47.2 Å². The molecule has 1 aromatic heterocycles. The van der Waals surface area contributed by atoms with Crippen LogP contribution in [0.5, 0.6) is 0 Å². The van der Waals surface area contributed by atoms with Gasteiger partial charge in [0.1, 0.15) is 0 Å². The maximum atomic E-state index is 12.4. The summed E-state index contributed by atoms with van der Waals surface area (Å²) >= 11 is 1.81. The van der Waals surface area contributed by atoms with E-state index in [4.69, 9.17) is 9.72 Å². The lowest BCUT2D eigenvalue weighted by Gasteiger charge is -2.29. The topological polar surface area (TPSA) is 54.5 Å². The van der Waals surface area contributed by atoms with E-state index < -0.39 is 0 Å². The van der Waals surface area contributed by atoms with E-state index in [9.17, 15) is 4.79 Å². The van der Waals surface area contributed by atoms with Gasteiger partial charge >= 0.3 is 6.03 Å². The van der Waals surface area contributed by atoms with E-state index in [1.165, 1.54) is 17.0 Å². The molecule has 0 bridgehead atoms. The summed E-state index contributed by atoms with van der Waals surface area (Å²) in [5.41, 5.74) is 1.24. The number of fused-ring (bicyclic) bond motifs is 1. The number of rotatable bonds is 3. The monoisotopic (exact) mass is 323 g/mol. The second-order valence-corrected chi connectivity index (χ2v) is 7.63. The van der Waals surface area contributed by atoms with Crippen LogP contribution in [0, 0.1) is 6.92 Å². The Morgan fingerprint density at radius 1 is 1.41 bits per heavy atom. The quantitative estimate of drug-likeness (QED) is 0.930. The van der Waals surface area contributed by atoms with Crippen LogP contribution in [0.25, 0.3) is 0 Å². The van der Waals surface area contributed by atoms with Gasteiger partial charge in [0.25, 0.3) is 0 Å². The minimum Gasteiger partial charge on any atom is -0.381 e. The first-order chi connectivity index (χ1) is 10.6. The first-order valence-corrected chi connectivity index (χ1v) is 9.00. The lowest BCUT2D eigenvalue weighted by atomic mass is 9.90. The number of ether oxygens (including phenoxy) is 1. The summed E-state index contributed by atoms with van der Waals surface area (Å²) in [6.07, 6.45) is 5.31. The number of urea groups is 1. The summed E-state index contributed by atoms with van der Waals surface area (Å²) in [7, 11) is 1.89. The van der Waals surface area contributed by atoms with Crippen molar-refractivity contribution in [1.29, 1.82) is 0 Å². The third kappa shape index (κ3) is 3.60. The van der Waals surface area contributed by atoms with Crippen molar-refractivity contribution in [1.82, 2.24) is 15.2 Å². The standard InChI is InChI=1S/C16H25N3O2S/c1-11-17-15-12(4-3-5-14(15)22-11)10-19(2)16(20)18-13-6-8-21-9-7-13/h12-13H,3-10H2,1-2H3,(H,18,20)/t12-/m0/s1. The van der Waals surface area contributed by atoms with Crippen molar-refractivity contribution in [2.75, 3.05) is 26.8 Å². The van der Waals surface area contributed by atoms with Crippen molar-refractivity contribution >= 4 is 17.4 Å². The Morgan fingerprint density at radius 2 is 2.18 bits per heavy atom. The lowest BCUT2D eigenvalue weighted by molar-refractivity contribution is 0.0784. The van der Waals surface area contributed by atoms with Crippen molar-refractivity contribution < 1.29 is 9.53 Å². The zero-order valence-corrected chi connectivity index (χ0v) is 14.2. The summed E-state index contributed by atoms with van der Waals surface area (Å²) in [6.45, 7) is 4.32. The summed E-state index contributed by atoms with van der Waals surface area (Å²) in [5.74, 6) is 0.388. The van der Waals surface area contributed by atoms with Crippen LogP contribution in [0.2, 0.25) is 0 Å². The second-order valence-electron chi connectivity index (χ2n) is 6.35. The number of nitrogens with zero attached hydrogens (tertiary/aromatic N) is 2. The number of carbonyl (C=O) groups excluding carboxylic acids is 1. The molecule has 1 aliphatic heterocycles. The number of thiazole rings is 1. The number of hydrogen-bond acceptors (Lipinski definition) is 4. The molecule has 2 heterocycles. The van der Waals surface area contributed by atoms with E-state index in [2.05, 4.69) is 12.2 Å². The van der Waals surface area contributed by atoms with Crippen LogP contribution in [-0.4, -0.2) is 48.8 Å². The maximum Gasteiger partial charge on any atom is 0.317 e. The minimum absolute atomic E-state index is 0.0333.